The number of aromatic nitrogens is 2. The molecule has 1 aromatic heterocycles. The van der Waals surface area contributed by atoms with Gasteiger partial charge in [-0.15, -0.1) is 0 Å². The van der Waals surface area contributed by atoms with Gasteiger partial charge in [0.15, 0.2) is 0 Å². The molecule has 1 aliphatic rings. The van der Waals surface area contributed by atoms with E-state index in [1.165, 1.54) is 12.4 Å². The molecule has 15 heavy (non-hydrogen) atoms. The highest BCUT2D eigenvalue weighted by atomic mass is 19.3. The van der Waals surface area contributed by atoms with Crippen molar-refractivity contribution in [1.82, 2.24) is 15.3 Å². The van der Waals surface area contributed by atoms with E-state index in [0.717, 1.165) is 31.6 Å². The molecule has 2 heterocycles. The van der Waals surface area contributed by atoms with Crippen LogP contribution in [0.2, 0.25) is 0 Å². The van der Waals surface area contributed by atoms with E-state index < -0.39 is 6.43 Å². The fourth-order valence-electron chi connectivity index (χ4n) is 1.79. The van der Waals surface area contributed by atoms with E-state index >= 15 is 0 Å². The van der Waals surface area contributed by atoms with Crippen molar-refractivity contribution in [2.45, 2.75) is 25.2 Å². The Kier molecular flexibility index (Phi) is 3.20. The molecule has 0 radical (unpaired) electrons. The van der Waals surface area contributed by atoms with E-state index in [9.17, 15) is 8.78 Å². The Morgan fingerprint density at radius 1 is 1.20 bits per heavy atom. The molecular weight excluding hydrogens is 200 g/mol. The van der Waals surface area contributed by atoms with Gasteiger partial charge in [0.05, 0.1) is 11.9 Å². The van der Waals surface area contributed by atoms with Gasteiger partial charge in [-0.25, -0.2) is 8.78 Å². The van der Waals surface area contributed by atoms with Crippen LogP contribution in [0.1, 0.15) is 36.6 Å². The van der Waals surface area contributed by atoms with Crippen LogP contribution >= 0.6 is 0 Å². The highest BCUT2D eigenvalue weighted by molar-refractivity contribution is 5.09. The monoisotopic (exact) mass is 213 g/mol. The van der Waals surface area contributed by atoms with E-state index in [1.54, 1.807) is 0 Å². The van der Waals surface area contributed by atoms with Gasteiger partial charge in [0.1, 0.15) is 5.69 Å². The maximum Gasteiger partial charge on any atom is 0.281 e. The second-order valence-electron chi connectivity index (χ2n) is 3.69. The minimum absolute atomic E-state index is 0.243. The summed E-state index contributed by atoms with van der Waals surface area (Å²) in [5.41, 5.74) is 0.591. The predicted molar refractivity (Wildman–Crippen MR) is 51.8 cm³/mol. The summed E-state index contributed by atoms with van der Waals surface area (Å²) in [5.74, 6) is 0.366. The topological polar surface area (TPSA) is 37.8 Å². The average Bonchev–Trinajstić information content (AvgIpc) is 2.30. The Morgan fingerprint density at radius 2 is 1.93 bits per heavy atom. The van der Waals surface area contributed by atoms with Crippen molar-refractivity contribution in [1.29, 1.82) is 0 Å². The maximum absolute atomic E-state index is 12.2. The molecule has 3 nitrogen and oxygen atoms in total. The van der Waals surface area contributed by atoms with Gasteiger partial charge in [0.25, 0.3) is 6.43 Å². The van der Waals surface area contributed by atoms with Crippen molar-refractivity contribution in [2.75, 3.05) is 13.1 Å². The van der Waals surface area contributed by atoms with Gasteiger partial charge < -0.3 is 5.32 Å². The van der Waals surface area contributed by atoms with Gasteiger partial charge in [-0.05, 0) is 25.9 Å². The van der Waals surface area contributed by atoms with E-state index in [1.807, 2.05) is 0 Å². The van der Waals surface area contributed by atoms with Crippen LogP contribution in [-0.2, 0) is 0 Å². The van der Waals surface area contributed by atoms with Crippen LogP contribution < -0.4 is 5.32 Å². The lowest BCUT2D eigenvalue weighted by Crippen LogP contribution is -2.27. The normalized spacial score (nSPS) is 18.3. The number of hydrogen-bond acceptors (Lipinski definition) is 3. The van der Waals surface area contributed by atoms with Crippen LogP contribution in [0.4, 0.5) is 8.78 Å². The molecule has 0 aliphatic carbocycles. The van der Waals surface area contributed by atoms with Crippen LogP contribution in [0.5, 0.6) is 0 Å². The number of nitrogens with one attached hydrogen (secondary N) is 1. The number of halogens is 2. The summed E-state index contributed by atoms with van der Waals surface area (Å²) in [4.78, 5) is 7.77. The molecule has 0 atom stereocenters. The summed E-state index contributed by atoms with van der Waals surface area (Å²) in [5, 5.41) is 3.25. The minimum atomic E-state index is -2.53. The van der Waals surface area contributed by atoms with Crippen LogP contribution in [0.15, 0.2) is 12.4 Å². The fourth-order valence-corrected chi connectivity index (χ4v) is 1.79. The quantitative estimate of drug-likeness (QED) is 0.815. The van der Waals surface area contributed by atoms with Crippen molar-refractivity contribution >= 4 is 0 Å². The predicted octanol–water partition coefficient (Wildman–Crippen LogP) is 1.88. The zero-order valence-electron chi connectivity index (χ0n) is 8.29. The van der Waals surface area contributed by atoms with Crippen molar-refractivity contribution in [3.63, 3.8) is 0 Å². The molecule has 0 spiro atoms. The maximum atomic E-state index is 12.2. The minimum Gasteiger partial charge on any atom is -0.317 e. The number of hydrogen-bond donors (Lipinski definition) is 1. The van der Waals surface area contributed by atoms with E-state index in [-0.39, 0.29) is 5.69 Å². The molecule has 1 aromatic rings. The number of piperidine rings is 1. The SMILES string of the molecule is FC(F)c1cnc(C2CCNCC2)cn1. The molecule has 2 rings (SSSR count). The van der Waals surface area contributed by atoms with Crippen LogP contribution in [0, 0.1) is 0 Å². The highest BCUT2D eigenvalue weighted by Crippen LogP contribution is 2.23. The molecule has 1 fully saturated rings. The van der Waals surface area contributed by atoms with Gasteiger partial charge in [-0.2, -0.15) is 0 Å². The second-order valence-corrected chi connectivity index (χ2v) is 3.69. The third kappa shape index (κ3) is 2.47. The molecule has 0 amide bonds. The van der Waals surface area contributed by atoms with Gasteiger partial charge >= 0.3 is 0 Å². The lowest BCUT2D eigenvalue weighted by Gasteiger charge is -2.21. The summed E-state index contributed by atoms with van der Waals surface area (Å²) in [6.45, 7) is 1.92. The zero-order chi connectivity index (χ0) is 10.7. The third-order valence-corrected chi connectivity index (χ3v) is 2.67. The summed E-state index contributed by atoms with van der Waals surface area (Å²) < 4.78 is 24.5. The lowest BCUT2D eigenvalue weighted by atomic mass is 9.95. The molecule has 0 saturated carbocycles. The molecular formula is C10H13F2N3. The van der Waals surface area contributed by atoms with Gasteiger partial charge in [-0.1, -0.05) is 0 Å². The van der Waals surface area contributed by atoms with Crippen molar-refractivity contribution in [3.05, 3.63) is 23.8 Å². The molecule has 0 unspecified atom stereocenters. The first-order chi connectivity index (χ1) is 7.27. The van der Waals surface area contributed by atoms with Gasteiger partial charge in [0, 0.05) is 12.1 Å². The average molecular weight is 213 g/mol. The summed E-state index contributed by atoms with van der Waals surface area (Å²) in [6.07, 6.45) is 2.14. The first-order valence-electron chi connectivity index (χ1n) is 5.08. The molecule has 0 aromatic carbocycles. The molecule has 1 N–H and O–H groups in total. The van der Waals surface area contributed by atoms with Crippen molar-refractivity contribution in [2.24, 2.45) is 0 Å². The number of nitrogens with zero attached hydrogens (tertiary/aromatic N) is 2. The second kappa shape index (κ2) is 4.61. The van der Waals surface area contributed by atoms with Crippen LogP contribution in [0.3, 0.4) is 0 Å². The van der Waals surface area contributed by atoms with Crippen LogP contribution in [-0.4, -0.2) is 23.1 Å². The molecule has 82 valence electrons. The Balaban J connectivity index is 2.08. The molecule has 1 aliphatic heterocycles. The highest BCUT2D eigenvalue weighted by Gasteiger charge is 2.17. The summed E-state index contributed by atoms with van der Waals surface area (Å²) >= 11 is 0. The van der Waals surface area contributed by atoms with Gasteiger partial charge in [0.2, 0.25) is 0 Å². The van der Waals surface area contributed by atoms with Crippen molar-refractivity contribution < 1.29 is 8.78 Å². The Bertz CT molecular complexity index is 307. The van der Waals surface area contributed by atoms with Crippen LogP contribution in [0.25, 0.3) is 0 Å². The molecule has 5 heteroatoms. The lowest BCUT2D eigenvalue weighted by molar-refractivity contribution is 0.145. The fraction of sp³-hybridized carbons (Fsp3) is 0.600. The number of alkyl halides is 2. The smallest absolute Gasteiger partial charge is 0.281 e. The Hall–Kier alpha value is -1.10. The molecule has 1 saturated heterocycles. The van der Waals surface area contributed by atoms with E-state index in [2.05, 4.69) is 15.3 Å². The Morgan fingerprint density at radius 3 is 2.47 bits per heavy atom. The van der Waals surface area contributed by atoms with Gasteiger partial charge in [-0.3, -0.25) is 9.97 Å². The number of rotatable bonds is 2. The van der Waals surface area contributed by atoms with E-state index in [0.29, 0.717) is 5.92 Å². The first kappa shape index (κ1) is 10.4. The van der Waals surface area contributed by atoms with Crippen molar-refractivity contribution in [3.8, 4) is 0 Å². The molecule has 0 bridgehead atoms. The largest absolute Gasteiger partial charge is 0.317 e. The van der Waals surface area contributed by atoms with E-state index in [4.69, 9.17) is 0 Å². The Labute approximate surface area is 86.9 Å². The third-order valence-electron chi connectivity index (χ3n) is 2.67. The standard InChI is InChI=1S/C10H13F2N3/c11-10(12)9-6-14-8(5-15-9)7-1-3-13-4-2-7/h5-7,10,13H,1-4H2. The zero-order valence-corrected chi connectivity index (χ0v) is 8.29. The summed E-state index contributed by atoms with van der Waals surface area (Å²) in [7, 11) is 0. The first-order valence-corrected chi connectivity index (χ1v) is 5.08. The summed E-state index contributed by atoms with van der Waals surface area (Å²) in [6, 6.07) is 0.